The highest BCUT2D eigenvalue weighted by atomic mass is 35.5. The first kappa shape index (κ1) is 14.5. The Balaban J connectivity index is 1.96. The van der Waals surface area contributed by atoms with E-state index in [4.69, 9.17) is 16.6 Å². The van der Waals surface area contributed by atoms with Crippen molar-refractivity contribution in [3.8, 4) is 11.4 Å². The van der Waals surface area contributed by atoms with Crippen LogP contribution >= 0.6 is 11.6 Å². The van der Waals surface area contributed by atoms with Crippen molar-refractivity contribution in [1.82, 2.24) is 15.3 Å². The molecule has 1 aromatic heterocycles. The lowest BCUT2D eigenvalue weighted by molar-refractivity contribution is 0.502. The zero-order chi connectivity index (χ0) is 14.7. The van der Waals surface area contributed by atoms with Crippen LogP contribution in [0.25, 0.3) is 11.4 Å². The van der Waals surface area contributed by atoms with E-state index in [1.54, 1.807) is 0 Å². The van der Waals surface area contributed by atoms with Crippen LogP contribution in [0.3, 0.4) is 0 Å². The Hall–Kier alpha value is -1.45. The van der Waals surface area contributed by atoms with Gasteiger partial charge < -0.3 is 5.32 Å². The predicted molar refractivity (Wildman–Crippen MR) is 86.5 cm³/mol. The van der Waals surface area contributed by atoms with E-state index in [1.807, 2.05) is 30.5 Å². The van der Waals surface area contributed by atoms with Crippen molar-refractivity contribution in [2.24, 2.45) is 0 Å². The van der Waals surface area contributed by atoms with Gasteiger partial charge in [-0.25, -0.2) is 9.97 Å². The second-order valence-corrected chi connectivity index (χ2v) is 5.90. The number of benzene rings is 1. The molecule has 1 atom stereocenters. The largest absolute Gasteiger partial charge is 0.310 e. The van der Waals surface area contributed by atoms with E-state index in [0.717, 1.165) is 29.4 Å². The lowest BCUT2D eigenvalue weighted by Gasteiger charge is -2.17. The molecule has 0 saturated heterocycles. The van der Waals surface area contributed by atoms with Crippen molar-refractivity contribution < 1.29 is 0 Å². The van der Waals surface area contributed by atoms with Gasteiger partial charge in [-0.05, 0) is 50.1 Å². The van der Waals surface area contributed by atoms with Crippen LogP contribution in [0.1, 0.15) is 43.5 Å². The van der Waals surface area contributed by atoms with E-state index in [2.05, 4.69) is 17.2 Å². The molecule has 1 N–H and O–H groups in total. The molecule has 1 heterocycles. The fourth-order valence-corrected chi connectivity index (χ4v) is 3.04. The molecule has 2 aromatic rings. The smallest absolute Gasteiger partial charge is 0.159 e. The molecule has 1 aliphatic rings. The Morgan fingerprint density at radius 2 is 2.05 bits per heavy atom. The fourth-order valence-electron chi connectivity index (χ4n) is 2.91. The minimum absolute atomic E-state index is 0.395. The summed E-state index contributed by atoms with van der Waals surface area (Å²) in [5, 5.41) is 4.29. The summed E-state index contributed by atoms with van der Waals surface area (Å²) in [4.78, 5) is 9.38. The van der Waals surface area contributed by atoms with Crippen molar-refractivity contribution >= 4 is 11.6 Å². The number of hydrogen-bond donors (Lipinski definition) is 1. The zero-order valence-electron chi connectivity index (χ0n) is 12.3. The molecule has 0 spiro atoms. The van der Waals surface area contributed by atoms with Crippen molar-refractivity contribution in [2.75, 3.05) is 6.54 Å². The maximum Gasteiger partial charge on any atom is 0.159 e. The SMILES string of the molecule is CCNC1CCCCc2nc(-c3ccc(Cl)cc3)ncc21. The Bertz CT molecular complexity index is 610. The molecule has 3 nitrogen and oxygen atoms in total. The third-order valence-electron chi connectivity index (χ3n) is 3.98. The molecular formula is C17H20ClN3. The predicted octanol–water partition coefficient (Wildman–Crippen LogP) is 4.17. The van der Waals surface area contributed by atoms with Gasteiger partial charge in [0.15, 0.2) is 5.82 Å². The molecule has 0 saturated carbocycles. The summed E-state index contributed by atoms with van der Waals surface area (Å²) in [5.74, 6) is 0.794. The molecule has 110 valence electrons. The third kappa shape index (κ3) is 3.25. The first-order chi connectivity index (χ1) is 10.3. The number of nitrogens with one attached hydrogen (secondary N) is 1. The zero-order valence-corrected chi connectivity index (χ0v) is 13.0. The van der Waals surface area contributed by atoms with Crippen molar-refractivity contribution in [2.45, 2.75) is 38.6 Å². The van der Waals surface area contributed by atoms with E-state index in [1.165, 1.54) is 30.5 Å². The Morgan fingerprint density at radius 1 is 1.24 bits per heavy atom. The first-order valence-electron chi connectivity index (χ1n) is 7.63. The minimum Gasteiger partial charge on any atom is -0.310 e. The molecule has 0 amide bonds. The Kier molecular flexibility index (Phi) is 4.51. The lowest BCUT2D eigenvalue weighted by Crippen LogP contribution is -2.21. The highest BCUT2D eigenvalue weighted by Crippen LogP contribution is 2.28. The molecule has 4 heteroatoms. The molecule has 3 rings (SSSR count). The number of aryl methyl sites for hydroxylation is 1. The van der Waals surface area contributed by atoms with E-state index >= 15 is 0 Å². The summed E-state index contributed by atoms with van der Waals surface area (Å²) in [6.07, 6.45) is 6.66. The number of rotatable bonds is 3. The van der Waals surface area contributed by atoms with Gasteiger partial charge >= 0.3 is 0 Å². The third-order valence-corrected chi connectivity index (χ3v) is 4.24. The quantitative estimate of drug-likeness (QED) is 0.865. The van der Waals surface area contributed by atoms with Crippen LogP contribution in [0.15, 0.2) is 30.5 Å². The number of nitrogens with zero attached hydrogens (tertiary/aromatic N) is 2. The number of halogens is 1. The molecule has 0 bridgehead atoms. The van der Waals surface area contributed by atoms with Gasteiger partial charge in [0.05, 0.1) is 0 Å². The van der Waals surface area contributed by atoms with Gasteiger partial charge in [0.1, 0.15) is 0 Å². The minimum atomic E-state index is 0.395. The van der Waals surface area contributed by atoms with Crippen LogP contribution in [0, 0.1) is 0 Å². The van der Waals surface area contributed by atoms with Gasteiger partial charge in [0.2, 0.25) is 0 Å². The van der Waals surface area contributed by atoms with Crippen LogP contribution in [0.4, 0.5) is 0 Å². The number of fused-ring (bicyclic) bond motifs is 1. The molecule has 1 unspecified atom stereocenters. The second-order valence-electron chi connectivity index (χ2n) is 5.46. The lowest BCUT2D eigenvalue weighted by atomic mass is 10.0. The standard InChI is InChI=1S/C17H20ClN3/c1-2-19-15-5-3-4-6-16-14(15)11-20-17(21-16)12-7-9-13(18)10-8-12/h7-11,15,19H,2-6H2,1H3. The van der Waals surface area contributed by atoms with Crippen molar-refractivity contribution in [3.05, 3.63) is 46.7 Å². The normalized spacial score (nSPS) is 18.1. The van der Waals surface area contributed by atoms with Crippen molar-refractivity contribution in [1.29, 1.82) is 0 Å². The summed E-state index contributed by atoms with van der Waals surface area (Å²) >= 11 is 5.94. The van der Waals surface area contributed by atoms with Crippen LogP contribution in [0.5, 0.6) is 0 Å². The van der Waals surface area contributed by atoms with Crippen LogP contribution in [0.2, 0.25) is 5.02 Å². The molecule has 21 heavy (non-hydrogen) atoms. The highest BCUT2D eigenvalue weighted by Gasteiger charge is 2.20. The summed E-state index contributed by atoms with van der Waals surface area (Å²) in [6, 6.07) is 8.11. The van der Waals surface area contributed by atoms with E-state index in [9.17, 15) is 0 Å². The summed E-state index contributed by atoms with van der Waals surface area (Å²) in [5.41, 5.74) is 3.48. The van der Waals surface area contributed by atoms with Crippen LogP contribution in [-0.4, -0.2) is 16.5 Å². The second kappa shape index (κ2) is 6.54. The monoisotopic (exact) mass is 301 g/mol. The van der Waals surface area contributed by atoms with Gasteiger partial charge in [-0.1, -0.05) is 24.9 Å². The highest BCUT2D eigenvalue weighted by molar-refractivity contribution is 6.30. The van der Waals surface area contributed by atoms with E-state index in [0.29, 0.717) is 6.04 Å². The topological polar surface area (TPSA) is 37.8 Å². The van der Waals surface area contributed by atoms with Crippen LogP contribution in [-0.2, 0) is 6.42 Å². The van der Waals surface area contributed by atoms with E-state index < -0.39 is 0 Å². The summed E-state index contributed by atoms with van der Waals surface area (Å²) in [7, 11) is 0. The number of aromatic nitrogens is 2. The summed E-state index contributed by atoms with van der Waals surface area (Å²) < 4.78 is 0. The van der Waals surface area contributed by atoms with Gasteiger partial charge in [0.25, 0.3) is 0 Å². The molecule has 0 aliphatic heterocycles. The van der Waals surface area contributed by atoms with Gasteiger partial charge in [-0.3, -0.25) is 0 Å². The first-order valence-corrected chi connectivity index (χ1v) is 8.01. The fraction of sp³-hybridized carbons (Fsp3) is 0.412. The number of hydrogen-bond acceptors (Lipinski definition) is 3. The molecular weight excluding hydrogens is 282 g/mol. The molecule has 0 fully saturated rings. The average molecular weight is 302 g/mol. The average Bonchev–Trinajstić information content (AvgIpc) is 2.70. The molecule has 1 aromatic carbocycles. The van der Waals surface area contributed by atoms with Gasteiger partial charge in [0, 0.05) is 34.1 Å². The molecule has 1 aliphatic carbocycles. The van der Waals surface area contributed by atoms with Gasteiger partial charge in [-0.2, -0.15) is 0 Å². The maximum absolute atomic E-state index is 5.94. The Labute approximate surface area is 130 Å². The Morgan fingerprint density at radius 3 is 2.81 bits per heavy atom. The summed E-state index contributed by atoms with van der Waals surface area (Å²) in [6.45, 7) is 3.12. The van der Waals surface area contributed by atoms with Gasteiger partial charge in [-0.15, -0.1) is 0 Å². The molecule has 0 radical (unpaired) electrons. The maximum atomic E-state index is 5.94. The van der Waals surface area contributed by atoms with Crippen LogP contribution < -0.4 is 5.32 Å². The van der Waals surface area contributed by atoms with Crippen molar-refractivity contribution in [3.63, 3.8) is 0 Å². The van der Waals surface area contributed by atoms with E-state index in [-0.39, 0.29) is 0 Å².